The number of nitrogen functional groups attached to an aromatic ring is 4. The van der Waals surface area contributed by atoms with Crippen LogP contribution in [0, 0.1) is 0 Å². The zero-order valence-electron chi connectivity index (χ0n) is 73.6. The topological polar surface area (TPSA) is 603 Å². The molecule has 59 heteroatoms. The van der Waals surface area contributed by atoms with Gasteiger partial charge in [0.1, 0.15) is 60.0 Å². The molecule has 13 N–H and O–H groups in total. The number of aliphatic hydroxyl groups is 1. The van der Waals surface area contributed by atoms with E-state index in [9.17, 15) is 19.5 Å². The normalized spacial score (nSPS) is 28.6. The molecule has 0 saturated carbocycles. The number of nitrogens with zero attached hydrogens (tertiary/aromatic N) is 27. The highest BCUT2D eigenvalue weighted by Crippen LogP contribution is 2.61. The number of ether oxygens (including phenoxy) is 6. The molecule has 8 aliphatic rings. The Labute approximate surface area is 741 Å². The van der Waals surface area contributed by atoms with Crippen molar-refractivity contribution >= 4 is 107 Å². The minimum atomic E-state index is -4.45. The molecule has 6 fully saturated rings. The van der Waals surface area contributed by atoms with Gasteiger partial charge in [0, 0.05) is 70.5 Å². The van der Waals surface area contributed by atoms with E-state index in [-0.39, 0.29) is 126 Å². The number of aromatic nitrogens is 14. The quantitative estimate of drug-likeness (QED) is 0.0266. The third-order valence-corrected chi connectivity index (χ3v) is 35.8. The highest BCUT2D eigenvalue weighted by molar-refractivity contribution is 7.55. The van der Waals surface area contributed by atoms with Crippen molar-refractivity contribution in [1.82, 2.24) is 140 Å². The molecule has 708 valence electrons. The van der Waals surface area contributed by atoms with Crippen LogP contribution < -0.4 is 45.0 Å². The minimum absolute atomic E-state index is 0.0346. The fourth-order valence-electron chi connectivity index (χ4n) is 16.2. The van der Waals surface area contributed by atoms with Gasteiger partial charge in [0.2, 0.25) is 0 Å². The Morgan fingerprint density at radius 1 is 0.465 bits per heavy atom. The average Bonchev–Trinajstić information content (AvgIpc) is 1.51. The molecule has 0 spiro atoms. The molecule has 15 heterocycles. The van der Waals surface area contributed by atoms with Crippen LogP contribution in [-0.2, 0) is 73.9 Å². The maximum atomic E-state index is 16.6. The number of urea groups is 2. The lowest BCUT2D eigenvalue weighted by atomic mass is 10.2. The molecule has 6 saturated heterocycles. The lowest BCUT2D eigenvalue weighted by Crippen LogP contribution is -2.59. The molecule has 7 aromatic rings. The lowest BCUT2D eigenvalue weighted by molar-refractivity contribution is -0.140. The summed E-state index contributed by atoms with van der Waals surface area (Å²) >= 11 is 0. The number of imidazole rings is 3. The largest absolute Gasteiger partial charge is 0.383 e. The number of hydrogen-bond donors (Lipinski definition) is 8. The van der Waals surface area contributed by atoms with Gasteiger partial charge in [0.25, 0.3) is 0 Å². The number of amides is 4. The van der Waals surface area contributed by atoms with Crippen LogP contribution in [-0.4, -0.2) is 397 Å². The van der Waals surface area contributed by atoms with Gasteiger partial charge in [-0.2, -0.15) is 4.98 Å². The monoisotopic (exact) mass is 1900 g/mol. The first-order chi connectivity index (χ1) is 61.2. The van der Waals surface area contributed by atoms with E-state index >= 15 is 22.8 Å². The molecule has 15 rings (SSSR count). The highest BCUT2D eigenvalue weighted by Gasteiger charge is 2.53. The van der Waals surface area contributed by atoms with Crippen molar-refractivity contribution in [3.63, 3.8) is 0 Å². The third-order valence-electron chi connectivity index (χ3n) is 23.0. The molecule has 0 aromatic carbocycles. The van der Waals surface area contributed by atoms with Gasteiger partial charge < -0.3 is 95.4 Å². The van der Waals surface area contributed by atoms with E-state index in [4.69, 9.17) is 79.7 Å². The maximum Gasteiger partial charge on any atom is 0.351 e. The second-order valence-electron chi connectivity index (χ2n) is 33.2. The summed E-state index contributed by atoms with van der Waals surface area (Å²) < 4.78 is 175. The minimum Gasteiger partial charge on any atom is -0.383 e. The smallest absolute Gasteiger partial charge is 0.351 e. The number of carbonyl (C=O) groups excluding carboxylic acids is 2. The number of morpholine rings is 6. The average molecular weight is 1910 g/mol. The summed E-state index contributed by atoms with van der Waals surface area (Å²) in [7, 11) is -5.85. The molecule has 0 bridgehead atoms. The van der Waals surface area contributed by atoms with Gasteiger partial charge >= 0.3 is 56.1 Å². The number of anilines is 4. The first-order valence-electron chi connectivity index (χ1n) is 41.4. The van der Waals surface area contributed by atoms with Gasteiger partial charge in [-0.3, -0.25) is 55.8 Å². The van der Waals surface area contributed by atoms with Gasteiger partial charge in [0.05, 0.1) is 128 Å². The fraction of sp³-hybridized carbons (Fsp3) is 0.643. The van der Waals surface area contributed by atoms with E-state index in [2.05, 4.69) is 65.4 Å². The van der Waals surface area contributed by atoms with Crippen LogP contribution in [0.5, 0.6) is 0 Å². The van der Waals surface area contributed by atoms with Crippen molar-refractivity contribution < 1.29 is 88.6 Å². The standard InChI is InChI=1S/C70H113N34O20P5/c1-43(2)93-21-45(120-53(26-93)103-41-83-59-62(74)77-38-80-65(59)103)32-116-126(110,89(6)7)95-23-47(122-55(28-95)100-17-15-51(72)86-69(100)107)34-117-128(112,91(10)11)97-24-48(123-56(30-97)101-20-44(3)67(105)87-70(101)108)35-118-129(113,92(12)13)98-25-49(124-57(31-98)104-42-84-60-63(75)78-39-81-66(60)104)36-119-127(111,90(8)9)96-22-46(121-54(29-96)99-16-14-50(71)85-68(99)106)33-115-125(109,88(4)5)94-18-19-114-52(27-94)102-40-82-58-61(73)76-37-79-64(58)102/h14-17,20,37-43,45-50,52-57,67,105H,18-19,21-36,71H2,1-13H3,(H,85,106)(H,87,108)(H2,72,86,107)(H2,73,76,79)(H2,74,77,80)(H2,75,78,81)/t45-,46-,47-,48-,49-,50?,52+,53+,54+,55+,56+,57+,67?,125?,126?,127?,128?,129?/m0/s1. The Morgan fingerprint density at radius 2 is 0.822 bits per heavy atom. The van der Waals surface area contributed by atoms with E-state index in [1.807, 2.05) is 13.8 Å². The number of nitrogens with one attached hydrogen (secondary N) is 2. The Kier molecular flexibility index (Phi) is 28.8. The summed E-state index contributed by atoms with van der Waals surface area (Å²) in [5.41, 5.74) is 32.4. The summed E-state index contributed by atoms with van der Waals surface area (Å²) in [5.74, 6) is 0.344. The summed E-state index contributed by atoms with van der Waals surface area (Å²) in [6.45, 7) is 2.83. The summed E-state index contributed by atoms with van der Waals surface area (Å²) in [6, 6.07) is 0.0110. The van der Waals surface area contributed by atoms with Crippen LogP contribution in [0.2, 0.25) is 0 Å². The van der Waals surface area contributed by atoms with Gasteiger partial charge in [-0.25, -0.2) is 106 Å². The first kappa shape index (κ1) is 95.5. The van der Waals surface area contributed by atoms with Crippen LogP contribution in [0.25, 0.3) is 33.5 Å². The van der Waals surface area contributed by atoms with Crippen molar-refractivity contribution in [2.75, 3.05) is 212 Å². The van der Waals surface area contributed by atoms with E-state index < -0.39 is 156 Å². The Bertz CT molecular complexity index is 5600. The zero-order valence-corrected chi connectivity index (χ0v) is 78.0. The molecule has 7 aromatic heterocycles. The Balaban J connectivity index is 0.685. The van der Waals surface area contributed by atoms with Crippen LogP contribution in [0.3, 0.4) is 0 Å². The van der Waals surface area contributed by atoms with Crippen LogP contribution >= 0.6 is 38.4 Å². The number of aliphatic hydroxyl groups excluding tert-OH is 1. The van der Waals surface area contributed by atoms with Gasteiger partial charge in [0.15, 0.2) is 59.3 Å². The van der Waals surface area contributed by atoms with Crippen molar-refractivity contribution in [2.24, 2.45) is 5.73 Å². The summed E-state index contributed by atoms with van der Waals surface area (Å²) in [4.78, 5) is 89.4. The molecule has 4 amide bonds. The second kappa shape index (κ2) is 38.9. The summed E-state index contributed by atoms with van der Waals surface area (Å²) in [5, 5.41) is 16.1. The molecule has 0 radical (unpaired) electrons. The highest BCUT2D eigenvalue weighted by atomic mass is 31.2. The number of fused-ring (bicyclic) bond motifs is 3. The predicted octanol–water partition coefficient (Wildman–Crippen LogP) is 0.486. The van der Waals surface area contributed by atoms with Crippen LogP contribution in [0.15, 0.2) is 79.1 Å². The second-order valence-corrected chi connectivity index (χ2v) is 46.2. The molecule has 18 atom stereocenters. The SMILES string of the molecule is CC1=CN([C@H]2CN(P(=O)(OC[C@@H]3CN(P(=O)(OC[C@@H]4CN(C(C)C)C[C@H](n5cnc6c(N)ncnc65)O4)N(C)C)C[C@H](n4ccc(N)nc4=O)O3)N(C)C)C[C@@H](COP(=O)(N(C)C)N3C[C@@H](COP(=O)(N(C)C)N4C[C@@H](COP(=O)(N(C)C)N5CCO[C@@H](n6cnc7c(N)ncnc76)C5)O[C@@H](N5C=CC(N)NC5=O)C4)O[C@@H](n4cnc5c(N)ncnc54)C3)O2)C(=O)NC1O. The Hall–Kier alpha value is -8.06. The van der Waals surface area contributed by atoms with E-state index in [1.54, 1.807) is 73.9 Å². The molecule has 7 unspecified atom stereocenters. The van der Waals surface area contributed by atoms with Crippen molar-refractivity contribution in [1.29, 1.82) is 0 Å². The molecular weight excluding hydrogens is 1790 g/mol. The van der Waals surface area contributed by atoms with E-state index in [0.717, 1.165) is 0 Å². The summed E-state index contributed by atoms with van der Waals surface area (Å²) in [6.07, 6.45) is 0.426. The van der Waals surface area contributed by atoms with E-state index in [0.29, 0.717) is 41.0 Å². The fourth-order valence-corrected chi connectivity index (χ4v) is 26.1. The number of rotatable bonds is 32. The van der Waals surface area contributed by atoms with Gasteiger partial charge in [-0.1, -0.05) is 0 Å². The number of carbonyl (C=O) groups is 2. The first-order valence-corrected chi connectivity index (χ1v) is 49.0. The van der Waals surface area contributed by atoms with Crippen LogP contribution in [0.1, 0.15) is 45.7 Å². The maximum absolute atomic E-state index is 16.6. The number of nitrogens with two attached hydrogens (primary N) is 5. The van der Waals surface area contributed by atoms with Gasteiger partial charge in [-0.15, -0.1) is 0 Å². The van der Waals surface area contributed by atoms with Gasteiger partial charge in [-0.05, 0) is 109 Å². The molecule has 8 aliphatic heterocycles. The van der Waals surface area contributed by atoms with E-state index in [1.165, 1.54) is 147 Å². The molecule has 129 heavy (non-hydrogen) atoms. The van der Waals surface area contributed by atoms with Crippen molar-refractivity contribution in [3.8, 4) is 0 Å². The molecule has 0 aliphatic carbocycles. The van der Waals surface area contributed by atoms with Crippen molar-refractivity contribution in [3.05, 3.63) is 84.8 Å². The number of hydrogen-bond acceptors (Lipinski definition) is 36. The predicted molar refractivity (Wildman–Crippen MR) is 465 cm³/mol. The third kappa shape index (κ3) is 19.7. The van der Waals surface area contributed by atoms with Crippen molar-refractivity contribution in [2.45, 2.75) is 107 Å². The zero-order chi connectivity index (χ0) is 92.3. The molecular formula is C70H113N34O20P5. The lowest BCUT2D eigenvalue weighted by Gasteiger charge is -2.47. The molecule has 54 nitrogen and oxygen atoms in total. The van der Waals surface area contributed by atoms with Crippen LogP contribution in [0.4, 0.5) is 32.9 Å². The Morgan fingerprint density at radius 3 is 1.22 bits per heavy atom.